The van der Waals surface area contributed by atoms with Crippen LogP contribution in [-0.2, 0) is 14.8 Å². The van der Waals surface area contributed by atoms with Gasteiger partial charge in [-0.3, -0.25) is 4.79 Å². The van der Waals surface area contributed by atoms with E-state index >= 15 is 0 Å². The molecule has 6 nitrogen and oxygen atoms in total. The highest BCUT2D eigenvalue weighted by Gasteiger charge is 2.36. The number of carbonyl (C=O) groups is 1. The van der Waals surface area contributed by atoms with Crippen molar-refractivity contribution in [3.05, 3.63) is 22.7 Å². The zero-order valence-corrected chi connectivity index (χ0v) is 12.8. The van der Waals surface area contributed by atoms with Crippen molar-refractivity contribution in [2.75, 3.05) is 18.8 Å². The number of anilines is 1. The number of piperazine rings is 1. The number of nitrogen functional groups attached to an aromatic ring is 1. The molecule has 3 N–H and O–H groups in total. The standard InChI is InChI=1S/C12H16ClN3O3S/c1-7-5-9(13)11(6-10(7)14)20(18,19)16-4-3-15-12(17)8(16)2/h5-6,8H,3-4,14H2,1-2H3,(H,15,17). The molecule has 1 unspecified atom stereocenters. The van der Waals surface area contributed by atoms with Crippen molar-refractivity contribution in [3.8, 4) is 0 Å². The van der Waals surface area contributed by atoms with Gasteiger partial charge in [-0.05, 0) is 31.5 Å². The third-order valence-corrected chi connectivity index (χ3v) is 5.78. The van der Waals surface area contributed by atoms with E-state index in [1.165, 1.54) is 19.1 Å². The Morgan fingerprint density at radius 1 is 1.45 bits per heavy atom. The maximum Gasteiger partial charge on any atom is 0.245 e. The Morgan fingerprint density at radius 3 is 2.75 bits per heavy atom. The first kappa shape index (κ1) is 15.1. The fourth-order valence-electron chi connectivity index (χ4n) is 2.08. The molecule has 1 aliphatic heterocycles. The Morgan fingerprint density at radius 2 is 2.10 bits per heavy atom. The highest BCUT2D eigenvalue weighted by molar-refractivity contribution is 7.89. The van der Waals surface area contributed by atoms with Gasteiger partial charge in [-0.15, -0.1) is 0 Å². The Labute approximate surface area is 122 Å². The number of nitrogens with zero attached hydrogens (tertiary/aromatic N) is 1. The van der Waals surface area contributed by atoms with E-state index in [1.807, 2.05) is 0 Å². The second kappa shape index (κ2) is 5.23. The number of hydrogen-bond donors (Lipinski definition) is 2. The molecule has 1 fully saturated rings. The average Bonchev–Trinajstić information content (AvgIpc) is 2.36. The Kier molecular flexibility index (Phi) is 3.95. The normalized spacial score (nSPS) is 20.8. The van der Waals surface area contributed by atoms with Crippen molar-refractivity contribution in [2.24, 2.45) is 0 Å². The van der Waals surface area contributed by atoms with Gasteiger partial charge in [0.2, 0.25) is 15.9 Å². The molecule has 20 heavy (non-hydrogen) atoms. The van der Waals surface area contributed by atoms with Crippen LogP contribution in [0, 0.1) is 6.92 Å². The maximum atomic E-state index is 12.6. The smallest absolute Gasteiger partial charge is 0.245 e. The number of rotatable bonds is 2. The topological polar surface area (TPSA) is 92.5 Å². The van der Waals surface area contributed by atoms with E-state index in [0.717, 1.165) is 4.31 Å². The van der Waals surface area contributed by atoms with Crippen LogP contribution in [0.15, 0.2) is 17.0 Å². The zero-order chi connectivity index (χ0) is 15.1. The minimum absolute atomic E-state index is 0.0659. The number of nitrogens with one attached hydrogen (secondary N) is 1. The number of hydrogen-bond acceptors (Lipinski definition) is 4. The number of sulfonamides is 1. The van der Waals surface area contributed by atoms with Crippen LogP contribution in [0.4, 0.5) is 5.69 Å². The van der Waals surface area contributed by atoms with E-state index < -0.39 is 16.1 Å². The van der Waals surface area contributed by atoms with Crippen LogP contribution >= 0.6 is 11.6 Å². The molecule has 0 saturated carbocycles. The quantitative estimate of drug-likeness (QED) is 0.787. The molecule has 0 radical (unpaired) electrons. The summed E-state index contributed by atoms with van der Waals surface area (Å²) in [4.78, 5) is 11.5. The molecule has 1 atom stereocenters. The van der Waals surface area contributed by atoms with E-state index in [1.54, 1.807) is 6.92 Å². The molecule has 1 aliphatic rings. The van der Waals surface area contributed by atoms with Gasteiger partial charge in [0.05, 0.1) is 5.02 Å². The number of carbonyl (C=O) groups excluding carboxylic acids is 1. The summed E-state index contributed by atoms with van der Waals surface area (Å²) in [5, 5.41) is 2.72. The number of amides is 1. The van der Waals surface area contributed by atoms with Crippen LogP contribution < -0.4 is 11.1 Å². The molecule has 0 aromatic heterocycles. The van der Waals surface area contributed by atoms with E-state index in [-0.39, 0.29) is 28.9 Å². The summed E-state index contributed by atoms with van der Waals surface area (Å²) in [6.07, 6.45) is 0. The van der Waals surface area contributed by atoms with Crippen molar-refractivity contribution in [2.45, 2.75) is 24.8 Å². The van der Waals surface area contributed by atoms with E-state index in [9.17, 15) is 13.2 Å². The lowest BCUT2D eigenvalue weighted by atomic mass is 10.2. The Balaban J connectivity index is 2.50. The Bertz CT molecular complexity index is 660. The van der Waals surface area contributed by atoms with Crippen LogP contribution in [0.3, 0.4) is 0 Å². The monoisotopic (exact) mass is 317 g/mol. The lowest BCUT2D eigenvalue weighted by Gasteiger charge is -2.32. The first-order valence-electron chi connectivity index (χ1n) is 6.10. The van der Waals surface area contributed by atoms with Crippen LogP contribution in [0.2, 0.25) is 5.02 Å². The van der Waals surface area contributed by atoms with Crippen LogP contribution in [0.5, 0.6) is 0 Å². The second-order valence-electron chi connectivity index (χ2n) is 4.72. The van der Waals surface area contributed by atoms with Crippen molar-refractivity contribution >= 4 is 33.2 Å². The minimum atomic E-state index is -3.85. The van der Waals surface area contributed by atoms with Gasteiger partial charge in [0.1, 0.15) is 10.9 Å². The molecule has 1 aromatic carbocycles. The largest absolute Gasteiger partial charge is 0.398 e. The van der Waals surface area contributed by atoms with Crippen LogP contribution in [-0.4, -0.2) is 37.8 Å². The summed E-state index contributed by atoms with van der Waals surface area (Å²) >= 11 is 6.03. The van der Waals surface area contributed by atoms with Gasteiger partial charge in [-0.2, -0.15) is 4.31 Å². The lowest BCUT2D eigenvalue weighted by molar-refractivity contribution is -0.126. The van der Waals surface area contributed by atoms with Crippen molar-refractivity contribution in [1.29, 1.82) is 0 Å². The van der Waals surface area contributed by atoms with Gasteiger partial charge in [0, 0.05) is 18.8 Å². The molecule has 0 aliphatic carbocycles. The molecule has 8 heteroatoms. The molecular weight excluding hydrogens is 302 g/mol. The average molecular weight is 318 g/mol. The summed E-state index contributed by atoms with van der Waals surface area (Å²) in [7, 11) is -3.85. The first-order valence-corrected chi connectivity index (χ1v) is 7.92. The summed E-state index contributed by atoms with van der Waals surface area (Å²) in [5.41, 5.74) is 6.81. The highest BCUT2D eigenvalue weighted by Crippen LogP contribution is 2.30. The summed E-state index contributed by atoms with van der Waals surface area (Å²) < 4.78 is 26.4. The maximum absolute atomic E-state index is 12.6. The third kappa shape index (κ3) is 2.48. The molecule has 0 spiro atoms. The molecular formula is C12H16ClN3O3S. The molecule has 2 rings (SSSR count). The first-order chi connectivity index (χ1) is 9.25. The van der Waals surface area contributed by atoms with Gasteiger partial charge >= 0.3 is 0 Å². The van der Waals surface area contributed by atoms with Crippen molar-refractivity contribution < 1.29 is 13.2 Å². The van der Waals surface area contributed by atoms with Crippen molar-refractivity contribution in [1.82, 2.24) is 9.62 Å². The molecule has 1 heterocycles. The van der Waals surface area contributed by atoms with E-state index in [4.69, 9.17) is 17.3 Å². The van der Waals surface area contributed by atoms with Crippen molar-refractivity contribution in [3.63, 3.8) is 0 Å². The molecule has 110 valence electrons. The van der Waals surface area contributed by atoms with Crippen LogP contribution in [0.1, 0.15) is 12.5 Å². The summed E-state index contributed by atoms with van der Waals surface area (Å²) in [6, 6.07) is 2.08. The molecule has 1 aromatic rings. The summed E-state index contributed by atoms with van der Waals surface area (Å²) in [5.74, 6) is -0.323. The van der Waals surface area contributed by atoms with Gasteiger partial charge in [-0.1, -0.05) is 11.6 Å². The van der Waals surface area contributed by atoms with Gasteiger partial charge in [-0.25, -0.2) is 8.42 Å². The predicted octanol–water partition coefficient (Wildman–Crippen LogP) is 0.740. The predicted molar refractivity (Wildman–Crippen MR) is 77.0 cm³/mol. The molecule has 0 bridgehead atoms. The Hall–Kier alpha value is -1.31. The number of halogens is 1. The van der Waals surface area contributed by atoms with E-state index in [2.05, 4.69) is 5.32 Å². The van der Waals surface area contributed by atoms with Gasteiger partial charge in [0.15, 0.2) is 0 Å². The van der Waals surface area contributed by atoms with E-state index in [0.29, 0.717) is 11.3 Å². The molecule has 1 saturated heterocycles. The number of benzene rings is 1. The second-order valence-corrected chi connectivity index (χ2v) is 6.99. The lowest BCUT2D eigenvalue weighted by Crippen LogP contribution is -2.55. The number of nitrogens with two attached hydrogens (primary N) is 1. The molecule has 1 amide bonds. The van der Waals surface area contributed by atoms with Gasteiger partial charge < -0.3 is 11.1 Å². The zero-order valence-electron chi connectivity index (χ0n) is 11.2. The fraction of sp³-hybridized carbons (Fsp3) is 0.417. The third-order valence-electron chi connectivity index (χ3n) is 3.35. The minimum Gasteiger partial charge on any atom is -0.398 e. The van der Waals surface area contributed by atoms with Crippen LogP contribution in [0.25, 0.3) is 0 Å². The highest BCUT2D eigenvalue weighted by atomic mass is 35.5. The summed E-state index contributed by atoms with van der Waals surface area (Å²) in [6.45, 7) is 3.77. The number of aryl methyl sites for hydroxylation is 1. The SMILES string of the molecule is Cc1cc(Cl)c(S(=O)(=O)N2CCNC(=O)C2C)cc1N. The van der Waals surface area contributed by atoms with Gasteiger partial charge in [0.25, 0.3) is 0 Å². The fourth-order valence-corrected chi connectivity index (χ4v) is 4.27.